The molecule has 4 nitrogen and oxygen atoms in total. The van der Waals surface area contributed by atoms with Crippen LogP contribution in [0, 0.1) is 5.92 Å². The third-order valence-electron chi connectivity index (χ3n) is 3.20. The maximum Gasteiger partial charge on any atom is 0.336 e. The summed E-state index contributed by atoms with van der Waals surface area (Å²) >= 11 is 0. The highest BCUT2D eigenvalue weighted by Crippen LogP contribution is 2.38. The van der Waals surface area contributed by atoms with Crippen molar-refractivity contribution < 1.29 is 14.3 Å². The Morgan fingerprint density at radius 1 is 1.36 bits per heavy atom. The van der Waals surface area contributed by atoms with Gasteiger partial charge in [-0.3, -0.25) is 4.79 Å². The van der Waals surface area contributed by atoms with Gasteiger partial charge in [-0.05, 0) is 12.8 Å². The van der Waals surface area contributed by atoms with E-state index in [1.54, 1.807) is 4.90 Å². The molecule has 1 atom stereocenters. The van der Waals surface area contributed by atoms with Crippen molar-refractivity contribution in [3.8, 4) is 0 Å². The number of carbonyl (C=O) groups is 2. The van der Waals surface area contributed by atoms with Crippen LogP contribution in [0.15, 0.2) is 11.3 Å². The molecule has 74 valence electrons. The Bertz CT molecular complexity index is 358. The molecule has 0 spiro atoms. The molecule has 1 unspecified atom stereocenters. The van der Waals surface area contributed by atoms with Gasteiger partial charge in [-0.2, -0.15) is 0 Å². The van der Waals surface area contributed by atoms with E-state index in [0.29, 0.717) is 13.0 Å². The van der Waals surface area contributed by atoms with E-state index in [4.69, 9.17) is 4.74 Å². The monoisotopic (exact) mass is 193 g/mol. The summed E-state index contributed by atoms with van der Waals surface area (Å²) in [6.07, 6.45) is 2.28. The van der Waals surface area contributed by atoms with E-state index in [1.165, 1.54) is 0 Å². The Morgan fingerprint density at radius 3 is 3.07 bits per heavy atom. The summed E-state index contributed by atoms with van der Waals surface area (Å²) in [4.78, 5) is 24.9. The molecule has 4 heteroatoms. The van der Waals surface area contributed by atoms with Gasteiger partial charge in [0.15, 0.2) is 0 Å². The van der Waals surface area contributed by atoms with Gasteiger partial charge in [-0.1, -0.05) is 0 Å². The Morgan fingerprint density at radius 2 is 2.21 bits per heavy atom. The number of fused-ring (bicyclic) bond motifs is 2. The predicted octanol–water partition coefficient (Wildman–Crippen LogP) is 0.440. The van der Waals surface area contributed by atoms with Crippen LogP contribution in [0.2, 0.25) is 0 Å². The van der Waals surface area contributed by atoms with Gasteiger partial charge in [0.2, 0.25) is 5.91 Å². The highest BCUT2D eigenvalue weighted by Gasteiger charge is 2.43. The van der Waals surface area contributed by atoms with Crippen LogP contribution in [0.4, 0.5) is 0 Å². The minimum absolute atomic E-state index is 0.0411. The fourth-order valence-corrected chi connectivity index (χ4v) is 2.57. The number of carbonyl (C=O) groups excluding carboxylic acids is 2. The topological polar surface area (TPSA) is 46.6 Å². The fraction of sp³-hybridized carbons (Fsp3) is 0.600. The molecule has 0 bridgehead atoms. The molecule has 0 saturated carbocycles. The van der Waals surface area contributed by atoms with Gasteiger partial charge >= 0.3 is 5.97 Å². The lowest BCUT2D eigenvalue weighted by Crippen LogP contribution is -2.34. The first kappa shape index (κ1) is 8.03. The Balaban J connectivity index is 2.12. The molecule has 0 N–H and O–H groups in total. The van der Waals surface area contributed by atoms with Crippen molar-refractivity contribution in [2.45, 2.75) is 19.3 Å². The van der Waals surface area contributed by atoms with Gasteiger partial charge in [0.25, 0.3) is 0 Å². The van der Waals surface area contributed by atoms with E-state index in [-0.39, 0.29) is 17.8 Å². The molecular formula is C10H11NO3. The largest absolute Gasteiger partial charge is 0.462 e. The average Bonchev–Trinajstić information content (AvgIpc) is 2.72. The number of hydrogen-bond acceptors (Lipinski definition) is 3. The lowest BCUT2D eigenvalue weighted by molar-refractivity contribution is -0.135. The highest BCUT2D eigenvalue weighted by atomic mass is 16.5. The van der Waals surface area contributed by atoms with Crippen molar-refractivity contribution in [2.75, 3.05) is 13.2 Å². The summed E-state index contributed by atoms with van der Waals surface area (Å²) in [7, 11) is 0. The molecule has 1 amide bonds. The zero-order chi connectivity index (χ0) is 9.71. The number of amides is 1. The first-order valence-electron chi connectivity index (χ1n) is 4.98. The van der Waals surface area contributed by atoms with Gasteiger partial charge < -0.3 is 9.64 Å². The summed E-state index contributed by atoms with van der Waals surface area (Å²) in [6.45, 7) is 1.18. The smallest absolute Gasteiger partial charge is 0.336 e. The minimum atomic E-state index is -0.204. The second-order valence-electron chi connectivity index (χ2n) is 4.01. The molecule has 0 radical (unpaired) electrons. The minimum Gasteiger partial charge on any atom is -0.462 e. The van der Waals surface area contributed by atoms with Crippen LogP contribution in [0.5, 0.6) is 0 Å². The average molecular weight is 193 g/mol. The molecule has 14 heavy (non-hydrogen) atoms. The third kappa shape index (κ3) is 0.882. The molecule has 2 fully saturated rings. The number of cyclic esters (lactones) is 1. The van der Waals surface area contributed by atoms with Gasteiger partial charge in [-0.25, -0.2) is 4.79 Å². The number of hydrogen-bond donors (Lipinski definition) is 0. The van der Waals surface area contributed by atoms with Crippen LogP contribution in [-0.4, -0.2) is 29.9 Å². The molecular weight excluding hydrogens is 182 g/mol. The van der Waals surface area contributed by atoms with Gasteiger partial charge in [0.1, 0.15) is 0 Å². The Labute approximate surface area is 81.5 Å². The summed E-state index contributed by atoms with van der Waals surface area (Å²) in [5.41, 5.74) is 1.72. The molecule has 3 heterocycles. The predicted molar refractivity (Wildman–Crippen MR) is 47.0 cm³/mol. The third-order valence-corrected chi connectivity index (χ3v) is 3.20. The Hall–Kier alpha value is -1.32. The van der Waals surface area contributed by atoms with E-state index >= 15 is 0 Å². The van der Waals surface area contributed by atoms with E-state index < -0.39 is 0 Å². The number of allylic oxidation sites excluding steroid dienone is 1. The van der Waals surface area contributed by atoms with Crippen LogP contribution in [-0.2, 0) is 14.3 Å². The van der Waals surface area contributed by atoms with Crippen molar-refractivity contribution in [1.29, 1.82) is 0 Å². The van der Waals surface area contributed by atoms with E-state index in [0.717, 1.165) is 30.7 Å². The molecule has 0 aromatic heterocycles. The Kier molecular flexibility index (Phi) is 1.48. The number of nitrogens with zero attached hydrogens (tertiary/aromatic N) is 1. The standard InChI is InChI=1S/C10H11NO3/c12-8-4-6-5-14-10(13)9(6)7-2-1-3-11(7)8/h6H,1-5H2. The zero-order valence-corrected chi connectivity index (χ0v) is 7.78. The summed E-state index contributed by atoms with van der Waals surface area (Å²) in [5.74, 6) is -0.00620. The first-order chi connectivity index (χ1) is 6.77. The van der Waals surface area contributed by atoms with E-state index in [1.807, 2.05) is 0 Å². The van der Waals surface area contributed by atoms with Crippen LogP contribution in [0.1, 0.15) is 19.3 Å². The molecule has 3 rings (SSSR count). The summed E-state index contributed by atoms with van der Waals surface area (Å²) in [6, 6.07) is 0. The first-order valence-corrected chi connectivity index (χ1v) is 4.98. The maximum atomic E-state index is 11.6. The SMILES string of the molecule is O=C1OCC2CC(=O)N3CCCC3=C12. The van der Waals surface area contributed by atoms with Crippen LogP contribution >= 0.6 is 0 Å². The molecule has 2 saturated heterocycles. The van der Waals surface area contributed by atoms with Gasteiger partial charge in [-0.15, -0.1) is 0 Å². The van der Waals surface area contributed by atoms with E-state index in [2.05, 4.69) is 0 Å². The van der Waals surface area contributed by atoms with Gasteiger partial charge in [0, 0.05) is 24.6 Å². The molecule has 0 aromatic carbocycles. The number of esters is 1. The molecule has 3 aliphatic rings. The second kappa shape index (κ2) is 2.59. The van der Waals surface area contributed by atoms with Crippen LogP contribution < -0.4 is 0 Å². The number of ether oxygens (including phenoxy) is 1. The van der Waals surface area contributed by atoms with Crippen molar-refractivity contribution in [1.82, 2.24) is 4.90 Å². The molecule has 0 aliphatic carbocycles. The van der Waals surface area contributed by atoms with Crippen molar-refractivity contribution >= 4 is 11.9 Å². The van der Waals surface area contributed by atoms with E-state index in [9.17, 15) is 9.59 Å². The van der Waals surface area contributed by atoms with Crippen molar-refractivity contribution in [3.05, 3.63) is 11.3 Å². The lowest BCUT2D eigenvalue weighted by Gasteiger charge is -2.26. The molecule has 0 aromatic rings. The van der Waals surface area contributed by atoms with Crippen LogP contribution in [0.3, 0.4) is 0 Å². The summed E-state index contributed by atoms with van der Waals surface area (Å²) in [5, 5.41) is 0. The lowest BCUT2D eigenvalue weighted by atomic mass is 9.92. The van der Waals surface area contributed by atoms with Crippen molar-refractivity contribution in [3.63, 3.8) is 0 Å². The zero-order valence-electron chi connectivity index (χ0n) is 7.78. The summed E-state index contributed by atoms with van der Waals surface area (Å²) < 4.78 is 4.98. The normalized spacial score (nSPS) is 30.6. The highest BCUT2D eigenvalue weighted by molar-refractivity contribution is 5.96. The maximum absolute atomic E-state index is 11.6. The van der Waals surface area contributed by atoms with Crippen molar-refractivity contribution in [2.24, 2.45) is 5.92 Å². The van der Waals surface area contributed by atoms with Crippen LogP contribution in [0.25, 0.3) is 0 Å². The number of rotatable bonds is 0. The quantitative estimate of drug-likeness (QED) is 0.524. The molecule has 3 aliphatic heterocycles. The second-order valence-corrected chi connectivity index (χ2v) is 4.01. The van der Waals surface area contributed by atoms with Gasteiger partial charge in [0.05, 0.1) is 12.2 Å². The fourth-order valence-electron chi connectivity index (χ4n) is 2.57.